The molecule has 0 saturated heterocycles. The van der Waals surface area contributed by atoms with E-state index in [9.17, 15) is 5.11 Å². The Labute approximate surface area is 120 Å². The Bertz CT molecular complexity index is 576. The molecule has 1 saturated carbocycles. The van der Waals surface area contributed by atoms with Crippen LogP contribution in [0.1, 0.15) is 18.7 Å². The number of hydrogen-bond acceptors (Lipinski definition) is 4. The highest BCUT2D eigenvalue weighted by Gasteiger charge is 2.31. The largest absolute Gasteiger partial charge is 0.392 e. The fourth-order valence-corrected chi connectivity index (χ4v) is 2.49. The SMILES string of the molecule is OC(Cc1nc(-c2cc(Cl)cc(Cl)c2)no1)C1CC1. The van der Waals surface area contributed by atoms with Gasteiger partial charge in [0.25, 0.3) is 0 Å². The van der Waals surface area contributed by atoms with Crippen LogP contribution in [-0.2, 0) is 6.42 Å². The molecule has 2 aromatic rings. The van der Waals surface area contributed by atoms with Crippen LogP contribution in [0.4, 0.5) is 0 Å². The van der Waals surface area contributed by atoms with Crippen molar-refractivity contribution in [2.45, 2.75) is 25.4 Å². The summed E-state index contributed by atoms with van der Waals surface area (Å²) in [7, 11) is 0. The number of benzene rings is 1. The van der Waals surface area contributed by atoms with Gasteiger partial charge in [-0.2, -0.15) is 4.98 Å². The highest BCUT2D eigenvalue weighted by molar-refractivity contribution is 6.35. The van der Waals surface area contributed by atoms with E-state index < -0.39 is 6.10 Å². The maximum absolute atomic E-state index is 9.84. The van der Waals surface area contributed by atoms with Gasteiger partial charge in [-0.15, -0.1) is 0 Å². The van der Waals surface area contributed by atoms with E-state index in [0.717, 1.165) is 12.8 Å². The number of rotatable bonds is 4. The molecule has 1 aliphatic rings. The lowest BCUT2D eigenvalue weighted by molar-refractivity contribution is 0.140. The molecular weight excluding hydrogens is 287 g/mol. The lowest BCUT2D eigenvalue weighted by atomic mass is 10.1. The first-order chi connectivity index (χ1) is 9.11. The molecule has 1 atom stereocenters. The molecule has 1 aromatic heterocycles. The zero-order chi connectivity index (χ0) is 13.4. The molecule has 0 amide bonds. The van der Waals surface area contributed by atoms with E-state index in [1.54, 1.807) is 18.2 Å². The smallest absolute Gasteiger partial charge is 0.229 e. The van der Waals surface area contributed by atoms with Gasteiger partial charge in [0, 0.05) is 15.6 Å². The van der Waals surface area contributed by atoms with E-state index in [4.69, 9.17) is 27.7 Å². The lowest BCUT2D eigenvalue weighted by Gasteiger charge is -2.03. The maximum Gasteiger partial charge on any atom is 0.229 e. The second-order valence-corrected chi connectivity index (χ2v) is 5.65. The van der Waals surface area contributed by atoms with E-state index >= 15 is 0 Å². The van der Waals surface area contributed by atoms with E-state index in [1.807, 2.05) is 0 Å². The molecule has 0 aliphatic heterocycles. The van der Waals surface area contributed by atoms with Crippen LogP contribution < -0.4 is 0 Å². The molecule has 1 aliphatic carbocycles. The van der Waals surface area contributed by atoms with Crippen molar-refractivity contribution < 1.29 is 9.63 Å². The van der Waals surface area contributed by atoms with Gasteiger partial charge in [0.1, 0.15) is 0 Å². The molecule has 1 fully saturated rings. The quantitative estimate of drug-likeness (QED) is 0.940. The van der Waals surface area contributed by atoms with Crippen LogP contribution in [0.25, 0.3) is 11.4 Å². The third kappa shape index (κ3) is 3.08. The van der Waals surface area contributed by atoms with Gasteiger partial charge in [-0.3, -0.25) is 0 Å². The summed E-state index contributed by atoms with van der Waals surface area (Å²) in [6.45, 7) is 0. The van der Waals surface area contributed by atoms with E-state index in [2.05, 4.69) is 10.1 Å². The minimum Gasteiger partial charge on any atom is -0.392 e. The minimum absolute atomic E-state index is 0.385. The summed E-state index contributed by atoms with van der Waals surface area (Å²) < 4.78 is 5.14. The first-order valence-electron chi connectivity index (χ1n) is 6.09. The summed E-state index contributed by atoms with van der Waals surface area (Å²) in [6.07, 6.45) is 2.15. The summed E-state index contributed by atoms with van der Waals surface area (Å²) in [4.78, 5) is 4.26. The molecule has 1 unspecified atom stereocenters. The number of nitrogens with zero attached hydrogens (tertiary/aromatic N) is 2. The van der Waals surface area contributed by atoms with Gasteiger partial charge in [0.2, 0.25) is 11.7 Å². The van der Waals surface area contributed by atoms with Crippen LogP contribution in [0.3, 0.4) is 0 Å². The first kappa shape index (κ1) is 12.9. The van der Waals surface area contributed by atoms with Gasteiger partial charge in [-0.05, 0) is 37.0 Å². The molecule has 1 aromatic carbocycles. The number of aromatic nitrogens is 2. The minimum atomic E-state index is -0.392. The molecule has 0 bridgehead atoms. The average Bonchev–Trinajstić information content (AvgIpc) is 3.09. The van der Waals surface area contributed by atoms with Crippen LogP contribution in [0.5, 0.6) is 0 Å². The first-order valence-corrected chi connectivity index (χ1v) is 6.84. The summed E-state index contributed by atoms with van der Waals surface area (Å²) in [5, 5.41) is 14.8. The van der Waals surface area contributed by atoms with Crippen LogP contribution in [-0.4, -0.2) is 21.4 Å². The van der Waals surface area contributed by atoms with E-state index in [0.29, 0.717) is 39.7 Å². The van der Waals surface area contributed by atoms with Crippen molar-refractivity contribution in [2.24, 2.45) is 5.92 Å². The second kappa shape index (κ2) is 5.12. The number of halogens is 2. The lowest BCUT2D eigenvalue weighted by Crippen LogP contribution is -2.12. The van der Waals surface area contributed by atoms with Crippen molar-refractivity contribution in [1.82, 2.24) is 10.1 Å². The number of aliphatic hydroxyl groups excluding tert-OH is 1. The molecular formula is C13H12Cl2N2O2. The standard InChI is InChI=1S/C13H12Cl2N2O2/c14-9-3-8(4-10(15)5-9)13-16-12(19-17-13)6-11(18)7-1-2-7/h3-5,7,11,18H,1-2,6H2. The average molecular weight is 299 g/mol. The van der Waals surface area contributed by atoms with Gasteiger partial charge < -0.3 is 9.63 Å². The Hall–Kier alpha value is -1.10. The van der Waals surface area contributed by atoms with Crippen LogP contribution in [0, 0.1) is 5.92 Å². The van der Waals surface area contributed by atoms with Crippen molar-refractivity contribution in [3.63, 3.8) is 0 Å². The normalized spacial score (nSPS) is 16.6. The fourth-order valence-electron chi connectivity index (χ4n) is 1.96. The Morgan fingerprint density at radius 2 is 1.95 bits per heavy atom. The summed E-state index contributed by atoms with van der Waals surface area (Å²) in [5.74, 6) is 1.25. The van der Waals surface area contributed by atoms with Gasteiger partial charge in [0.05, 0.1) is 12.5 Å². The molecule has 1 N–H and O–H groups in total. The predicted octanol–water partition coefficient (Wildman–Crippen LogP) is 3.36. The molecule has 0 radical (unpaired) electrons. The van der Waals surface area contributed by atoms with Gasteiger partial charge >= 0.3 is 0 Å². The number of hydrogen-bond donors (Lipinski definition) is 1. The Kier molecular flexibility index (Phi) is 3.48. The van der Waals surface area contributed by atoms with Crippen LogP contribution >= 0.6 is 23.2 Å². The van der Waals surface area contributed by atoms with Gasteiger partial charge in [-0.25, -0.2) is 0 Å². The zero-order valence-electron chi connectivity index (χ0n) is 10.0. The molecule has 0 spiro atoms. The molecule has 6 heteroatoms. The van der Waals surface area contributed by atoms with Crippen molar-refractivity contribution in [1.29, 1.82) is 0 Å². The fraction of sp³-hybridized carbons (Fsp3) is 0.385. The molecule has 1 heterocycles. The highest BCUT2D eigenvalue weighted by atomic mass is 35.5. The van der Waals surface area contributed by atoms with Crippen molar-refractivity contribution in [2.75, 3.05) is 0 Å². The molecule has 100 valence electrons. The van der Waals surface area contributed by atoms with Gasteiger partial charge in [0.15, 0.2) is 0 Å². The topological polar surface area (TPSA) is 59.2 Å². The molecule has 19 heavy (non-hydrogen) atoms. The maximum atomic E-state index is 9.84. The molecule has 4 nitrogen and oxygen atoms in total. The van der Waals surface area contributed by atoms with Crippen molar-refractivity contribution >= 4 is 23.2 Å². The Morgan fingerprint density at radius 3 is 2.58 bits per heavy atom. The van der Waals surface area contributed by atoms with Crippen LogP contribution in [0.15, 0.2) is 22.7 Å². The third-order valence-corrected chi connectivity index (χ3v) is 3.58. The zero-order valence-corrected chi connectivity index (χ0v) is 11.5. The monoisotopic (exact) mass is 298 g/mol. The Balaban J connectivity index is 1.79. The Morgan fingerprint density at radius 1 is 1.26 bits per heavy atom. The van der Waals surface area contributed by atoms with E-state index in [-0.39, 0.29) is 0 Å². The second-order valence-electron chi connectivity index (χ2n) is 4.78. The van der Waals surface area contributed by atoms with Gasteiger partial charge in [-0.1, -0.05) is 28.4 Å². The summed E-state index contributed by atoms with van der Waals surface area (Å²) >= 11 is 11.9. The van der Waals surface area contributed by atoms with Crippen molar-refractivity contribution in [3.05, 3.63) is 34.1 Å². The summed E-state index contributed by atoms with van der Waals surface area (Å²) in [6, 6.07) is 5.09. The van der Waals surface area contributed by atoms with Crippen molar-refractivity contribution in [3.8, 4) is 11.4 Å². The van der Waals surface area contributed by atoms with E-state index in [1.165, 1.54) is 0 Å². The highest BCUT2D eigenvalue weighted by Crippen LogP contribution is 2.34. The van der Waals surface area contributed by atoms with Crippen LogP contribution in [0.2, 0.25) is 10.0 Å². The molecule has 3 rings (SSSR count). The third-order valence-electron chi connectivity index (χ3n) is 3.14. The predicted molar refractivity (Wildman–Crippen MR) is 72.2 cm³/mol. The number of aliphatic hydroxyl groups is 1. The summed E-state index contributed by atoms with van der Waals surface area (Å²) in [5.41, 5.74) is 0.702.